The van der Waals surface area contributed by atoms with Gasteiger partial charge in [0.25, 0.3) is 0 Å². The number of rotatable bonds is 5. The van der Waals surface area contributed by atoms with Crippen molar-refractivity contribution in [1.29, 1.82) is 0 Å². The SMILES string of the molecule is c1ccc(N(c2ccccc2)c2ccc(-c3ccc(-c4nc5ccccc5c5nc6ccccn6c45)cc3)cc2)cc1. The Kier molecular flexibility index (Phi) is 5.75. The van der Waals surface area contributed by atoms with Crippen LogP contribution in [0.2, 0.25) is 0 Å². The van der Waals surface area contributed by atoms with Crippen molar-refractivity contribution in [3.8, 4) is 22.4 Å². The van der Waals surface area contributed by atoms with E-state index < -0.39 is 0 Å². The van der Waals surface area contributed by atoms with Crippen molar-refractivity contribution in [2.45, 2.75) is 0 Å². The number of hydrogen-bond acceptors (Lipinski definition) is 3. The molecule has 0 aliphatic rings. The van der Waals surface area contributed by atoms with E-state index in [1.54, 1.807) is 0 Å². The van der Waals surface area contributed by atoms with E-state index in [9.17, 15) is 0 Å². The zero-order chi connectivity index (χ0) is 27.9. The standard InChI is InChI=1S/C38H26N4/c1-3-11-30(12-4-1)42(31-13-5-2-6-14-31)32-24-22-28(23-25-32)27-18-20-29(21-19-27)36-38-37(33-15-7-8-16-34(33)39-36)40-35-17-9-10-26-41(35)38/h1-26H. The summed E-state index contributed by atoms with van der Waals surface area (Å²) in [6.45, 7) is 0. The summed E-state index contributed by atoms with van der Waals surface area (Å²) in [5.74, 6) is 0. The molecule has 0 saturated carbocycles. The van der Waals surface area contributed by atoms with Crippen LogP contribution < -0.4 is 4.90 Å². The molecule has 42 heavy (non-hydrogen) atoms. The quantitative estimate of drug-likeness (QED) is 0.219. The first-order valence-electron chi connectivity index (χ1n) is 14.1. The van der Waals surface area contributed by atoms with E-state index >= 15 is 0 Å². The van der Waals surface area contributed by atoms with Crippen LogP contribution in [0.3, 0.4) is 0 Å². The average molecular weight is 539 g/mol. The van der Waals surface area contributed by atoms with Crippen molar-refractivity contribution < 1.29 is 0 Å². The summed E-state index contributed by atoms with van der Waals surface area (Å²) in [7, 11) is 0. The van der Waals surface area contributed by atoms with Gasteiger partial charge < -0.3 is 4.90 Å². The third kappa shape index (κ3) is 4.09. The number of aromatic nitrogens is 3. The fourth-order valence-electron chi connectivity index (χ4n) is 5.78. The second kappa shape index (κ2) is 10.0. The Morgan fingerprint density at radius 1 is 0.452 bits per heavy atom. The van der Waals surface area contributed by atoms with Crippen LogP contribution in [0.25, 0.3) is 50.0 Å². The van der Waals surface area contributed by atoms with Crippen molar-refractivity contribution in [2.75, 3.05) is 4.90 Å². The van der Waals surface area contributed by atoms with Crippen molar-refractivity contribution in [3.63, 3.8) is 0 Å². The van der Waals surface area contributed by atoms with E-state index in [2.05, 4.69) is 125 Å². The molecule has 3 heterocycles. The predicted octanol–water partition coefficient (Wildman–Crippen LogP) is 9.84. The smallest absolute Gasteiger partial charge is 0.137 e. The number of imidazole rings is 1. The van der Waals surface area contributed by atoms with Gasteiger partial charge in [0.2, 0.25) is 0 Å². The summed E-state index contributed by atoms with van der Waals surface area (Å²) >= 11 is 0. The van der Waals surface area contributed by atoms with E-state index in [1.165, 1.54) is 0 Å². The van der Waals surface area contributed by atoms with Gasteiger partial charge in [0.05, 0.1) is 16.7 Å². The largest absolute Gasteiger partial charge is 0.311 e. The molecular weight excluding hydrogens is 512 g/mol. The van der Waals surface area contributed by atoms with E-state index in [0.717, 1.165) is 67.0 Å². The van der Waals surface area contributed by atoms with Gasteiger partial charge in [-0.1, -0.05) is 97.1 Å². The molecule has 8 aromatic rings. The summed E-state index contributed by atoms with van der Waals surface area (Å²) in [6.07, 6.45) is 2.06. The molecule has 0 spiro atoms. The zero-order valence-corrected chi connectivity index (χ0v) is 22.8. The molecule has 0 radical (unpaired) electrons. The van der Waals surface area contributed by atoms with Gasteiger partial charge in [0, 0.05) is 34.2 Å². The summed E-state index contributed by atoms with van der Waals surface area (Å²) in [5, 5.41) is 1.07. The normalized spacial score (nSPS) is 11.3. The Bertz CT molecular complexity index is 2130. The molecule has 0 unspecified atom stereocenters. The minimum absolute atomic E-state index is 0.920. The molecule has 5 aromatic carbocycles. The lowest BCUT2D eigenvalue weighted by atomic mass is 10.0. The Morgan fingerprint density at radius 2 is 1.00 bits per heavy atom. The Morgan fingerprint density at radius 3 is 1.69 bits per heavy atom. The van der Waals surface area contributed by atoms with Gasteiger partial charge in [0.15, 0.2) is 0 Å². The molecule has 0 amide bonds. The maximum atomic E-state index is 5.12. The lowest BCUT2D eigenvalue weighted by Gasteiger charge is -2.25. The molecule has 0 atom stereocenters. The second-order valence-corrected chi connectivity index (χ2v) is 10.3. The van der Waals surface area contributed by atoms with Crippen molar-refractivity contribution >= 4 is 44.6 Å². The highest BCUT2D eigenvalue weighted by atomic mass is 15.1. The number of nitrogens with zero attached hydrogens (tertiary/aromatic N) is 4. The lowest BCUT2D eigenvalue weighted by molar-refractivity contribution is 1.22. The first-order chi connectivity index (χ1) is 20.8. The average Bonchev–Trinajstić information content (AvgIpc) is 3.46. The molecule has 4 nitrogen and oxygen atoms in total. The number of fused-ring (bicyclic) bond motifs is 5. The predicted molar refractivity (Wildman–Crippen MR) is 174 cm³/mol. The molecule has 8 rings (SSSR count). The molecule has 0 aliphatic heterocycles. The summed E-state index contributed by atoms with van der Waals surface area (Å²) in [4.78, 5) is 12.4. The summed E-state index contributed by atoms with van der Waals surface area (Å²) < 4.78 is 2.14. The minimum atomic E-state index is 0.920. The van der Waals surface area contributed by atoms with E-state index in [1.807, 2.05) is 42.5 Å². The van der Waals surface area contributed by atoms with Crippen molar-refractivity contribution in [3.05, 3.63) is 158 Å². The maximum Gasteiger partial charge on any atom is 0.137 e. The minimum Gasteiger partial charge on any atom is -0.311 e. The van der Waals surface area contributed by atoms with Crippen LogP contribution in [0, 0.1) is 0 Å². The Balaban J connectivity index is 1.18. The molecule has 0 N–H and O–H groups in total. The highest BCUT2D eigenvalue weighted by Gasteiger charge is 2.16. The van der Waals surface area contributed by atoms with E-state index in [4.69, 9.17) is 9.97 Å². The lowest BCUT2D eigenvalue weighted by Crippen LogP contribution is -2.09. The third-order valence-electron chi connectivity index (χ3n) is 7.79. The number of benzene rings is 5. The van der Waals surface area contributed by atoms with Crippen LogP contribution in [-0.2, 0) is 0 Å². The Labute approximate surface area is 243 Å². The molecule has 3 aromatic heterocycles. The van der Waals surface area contributed by atoms with Crippen LogP contribution in [0.15, 0.2) is 158 Å². The van der Waals surface area contributed by atoms with Gasteiger partial charge in [-0.25, -0.2) is 9.97 Å². The van der Waals surface area contributed by atoms with E-state index in [0.29, 0.717) is 0 Å². The van der Waals surface area contributed by atoms with Gasteiger partial charge in [-0.05, 0) is 65.7 Å². The fraction of sp³-hybridized carbons (Fsp3) is 0. The molecule has 0 saturated heterocycles. The summed E-state index contributed by atoms with van der Waals surface area (Å²) in [5.41, 5.74) is 11.6. The van der Waals surface area contributed by atoms with Crippen LogP contribution in [-0.4, -0.2) is 14.4 Å². The monoisotopic (exact) mass is 538 g/mol. The fourth-order valence-corrected chi connectivity index (χ4v) is 5.78. The second-order valence-electron chi connectivity index (χ2n) is 10.3. The number of anilines is 3. The van der Waals surface area contributed by atoms with E-state index in [-0.39, 0.29) is 0 Å². The zero-order valence-electron chi connectivity index (χ0n) is 22.8. The highest BCUT2D eigenvalue weighted by Crippen LogP contribution is 2.37. The molecule has 0 fully saturated rings. The van der Waals surface area contributed by atoms with Gasteiger partial charge in [0.1, 0.15) is 11.2 Å². The van der Waals surface area contributed by atoms with Gasteiger partial charge in [-0.15, -0.1) is 0 Å². The molecule has 0 aliphatic carbocycles. The topological polar surface area (TPSA) is 33.4 Å². The maximum absolute atomic E-state index is 5.12. The molecule has 0 bridgehead atoms. The number of para-hydroxylation sites is 3. The van der Waals surface area contributed by atoms with Crippen LogP contribution in [0.1, 0.15) is 0 Å². The van der Waals surface area contributed by atoms with Crippen LogP contribution in [0.5, 0.6) is 0 Å². The van der Waals surface area contributed by atoms with Crippen molar-refractivity contribution in [1.82, 2.24) is 14.4 Å². The number of pyridine rings is 2. The van der Waals surface area contributed by atoms with Crippen LogP contribution in [0.4, 0.5) is 17.1 Å². The third-order valence-corrected chi connectivity index (χ3v) is 7.79. The molecule has 4 heteroatoms. The van der Waals surface area contributed by atoms with Gasteiger partial charge >= 0.3 is 0 Å². The molecular formula is C38H26N4. The summed E-state index contributed by atoms with van der Waals surface area (Å²) in [6, 6.07) is 52.8. The first kappa shape index (κ1) is 24.1. The van der Waals surface area contributed by atoms with Crippen LogP contribution >= 0.6 is 0 Å². The Hall–Kier alpha value is -5.74. The van der Waals surface area contributed by atoms with Crippen molar-refractivity contribution in [2.24, 2.45) is 0 Å². The highest BCUT2D eigenvalue weighted by molar-refractivity contribution is 6.09. The molecule has 198 valence electrons. The first-order valence-corrected chi connectivity index (χ1v) is 14.1. The van der Waals surface area contributed by atoms with Gasteiger partial charge in [-0.2, -0.15) is 0 Å². The van der Waals surface area contributed by atoms with Gasteiger partial charge in [-0.3, -0.25) is 4.40 Å². The number of hydrogen-bond donors (Lipinski definition) is 0.